The van der Waals surface area contributed by atoms with Gasteiger partial charge in [-0.2, -0.15) is 0 Å². The normalized spacial score (nSPS) is 12.0. The van der Waals surface area contributed by atoms with E-state index in [9.17, 15) is 8.42 Å². The highest BCUT2D eigenvalue weighted by atomic mass is 32.2. The Morgan fingerprint density at radius 3 is 2.21 bits per heavy atom. The quantitative estimate of drug-likeness (QED) is 0.828. The fraction of sp³-hybridized carbons (Fsp3) is 0.389. The first-order valence-corrected chi connectivity index (χ1v) is 9.54. The minimum absolute atomic E-state index is 0.0153. The van der Waals surface area contributed by atoms with Gasteiger partial charge < -0.3 is 5.32 Å². The van der Waals surface area contributed by atoms with Gasteiger partial charge in [0.25, 0.3) is 10.0 Å². The standard InChI is InChI=1S/C18H25N3O2S/c1-5-12-19-15-8-11-17(20-13-15)21-24(22,23)16-9-6-14(7-10-16)18(2,3)4/h6-11,13,19H,5,12H2,1-4H3,(H,20,21). The van der Waals surface area contributed by atoms with Crippen molar-refractivity contribution in [2.24, 2.45) is 0 Å². The average molecular weight is 347 g/mol. The van der Waals surface area contributed by atoms with Crippen molar-refractivity contribution in [2.75, 3.05) is 16.6 Å². The minimum atomic E-state index is -3.64. The van der Waals surface area contributed by atoms with Crippen LogP contribution in [0.4, 0.5) is 11.5 Å². The van der Waals surface area contributed by atoms with Gasteiger partial charge in [-0.3, -0.25) is 4.72 Å². The van der Waals surface area contributed by atoms with Crippen LogP contribution in [0.15, 0.2) is 47.5 Å². The Kier molecular flexibility index (Phi) is 5.49. The second kappa shape index (κ2) is 7.21. The second-order valence-corrected chi connectivity index (χ2v) is 8.42. The van der Waals surface area contributed by atoms with Crippen molar-refractivity contribution in [1.82, 2.24) is 4.98 Å². The van der Waals surface area contributed by atoms with Crippen LogP contribution in [0.5, 0.6) is 0 Å². The molecule has 130 valence electrons. The van der Waals surface area contributed by atoms with Crippen LogP contribution in [0.2, 0.25) is 0 Å². The number of anilines is 2. The van der Waals surface area contributed by atoms with Crippen LogP contribution in [0.1, 0.15) is 39.7 Å². The Balaban J connectivity index is 2.13. The van der Waals surface area contributed by atoms with Gasteiger partial charge in [-0.15, -0.1) is 0 Å². The number of rotatable bonds is 6. The highest BCUT2D eigenvalue weighted by molar-refractivity contribution is 7.92. The molecule has 0 unspecified atom stereocenters. The number of hydrogen-bond donors (Lipinski definition) is 2. The van der Waals surface area contributed by atoms with Gasteiger partial charge in [0, 0.05) is 6.54 Å². The van der Waals surface area contributed by atoms with E-state index >= 15 is 0 Å². The summed E-state index contributed by atoms with van der Waals surface area (Å²) in [5, 5.41) is 3.20. The molecule has 1 aromatic heterocycles. The number of aromatic nitrogens is 1. The molecule has 0 radical (unpaired) electrons. The van der Waals surface area contributed by atoms with Crippen molar-refractivity contribution in [3.8, 4) is 0 Å². The summed E-state index contributed by atoms with van der Waals surface area (Å²) in [7, 11) is -3.64. The van der Waals surface area contributed by atoms with Gasteiger partial charge in [-0.25, -0.2) is 13.4 Å². The predicted octanol–water partition coefficient (Wildman–Crippen LogP) is 4.00. The highest BCUT2D eigenvalue weighted by Crippen LogP contribution is 2.24. The maximum atomic E-state index is 12.5. The van der Waals surface area contributed by atoms with E-state index in [1.165, 1.54) is 0 Å². The van der Waals surface area contributed by atoms with E-state index < -0.39 is 10.0 Å². The van der Waals surface area contributed by atoms with Crippen LogP contribution in [0.3, 0.4) is 0 Å². The van der Waals surface area contributed by atoms with E-state index in [-0.39, 0.29) is 10.3 Å². The molecule has 1 heterocycles. The van der Waals surface area contributed by atoms with Gasteiger partial charge in [0.05, 0.1) is 16.8 Å². The molecular weight excluding hydrogens is 322 g/mol. The van der Waals surface area contributed by atoms with Crippen molar-refractivity contribution in [3.63, 3.8) is 0 Å². The molecule has 0 bridgehead atoms. The number of nitrogens with one attached hydrogen (secondary N) is 2. The lowest BCUT2D eigenvalue weighted by molar-refractivity contribution is 0.587. The largest absolute Gasteiger partial charge is 0.384 e. The maximum absolute atomic E-state index is 12.5. The number of benzene rings is 1. The molecule has 0 spiro atoms. The molecule has 24 heavy (non-hydrogen) atoms. The van der Waals surface area contributed by atoms with Crippen molar-refractivity contribution in [3.05, 3.63) is 48.2 Å². The van der Waals surface area contributed by atoms with Crippen LogP contribution in [-0.4, -0.2) is 19.9 Å². The zero-order valence-electron chi connectivity index (χ0n) is 14.6. The van der Waals surface area contributed by atoms with Crippen molar-refractivity contribution in [2.45, 2.75) is 44.4 Å². The monoisotopic (exact) mass is 347 g/mol. The molecule has 0 fully saturated rings. The smallest absolute Gasteiger partial charge is 0.263 e. The lowest BCUT2D eigenvalue weighted by Crippen LogP contribution is -2.15. The predicted molar refractivity (Wildman–Crippen MR) is 99.0 cm³/mol. The summed E-state index contributed by atoms with van der Waals surface area (Å²) >= 11 is 0. The van der Waals surface area contributed by atoms with Gasteiger partial charge in [0.1, 0.15) is 5.82 Å². The van der Waals surface area contributed by atoms with Crippen LogP contribution >= 0.6 is 0 Å². The molecule has 0 atom stereocenters. The highest BCUT2D eigenvalue weighted by Gasteiger charge is 2.18. The molecule has 0 saturated heterocycles. The van der Waals surface area contributed by atoms with Gasteiger partial charge in [0.15, 0.2) is 0 Å². The zero-order chi connectivity index (χ0) is 17.8. The third kappa shape index (κ3) is 4.71. The number of nitrogens with zero attached hydrogens (tertiary/aromatic N) is 1. The van der Waals surface area contributed by atoms with Crippen molar-refractivity contribution >= 4 is 21.5 Å². The van der Waals surface area contributed by atoms with Crippen LogP contribution in [-0.2, 0) is 15.4 Å². The molecule has 0 aliphatic rings. The minimum Gasteiger partial charge on any atom is -0.384 e. The Hall–Kier alpha value is -2.08. The van der Waals surface area contributed by atoms with E-state index in [1.807, 2.05) is 18.2 Å². The SMILES string of the molecule is CCCNc1ccc(NS(=O)(=O)c2ccc(C(C)(C)C)cc2)nc1. The van der Waals surface area contributed by atoms with Gasteiger partial charge in [0.2, 0.25) is 0 Å². The number of pyridine rings is 1. The molecule has 2 N–H and O–H groups in total. The molecule has 2 rings (SSSR count). The van der Waals surface area contributed by atoms with Gasteiger partial charge in [-0.1, -0.05) is 39.8 Å². The fourth-order valence-corrected chi connectivity index (χ4v) is 3.17. The Bertz CT molecular complexity index is 761. The molecule has 5 nitrogen and oxygen atoms in total. The summed E-state index contributed by atoms with van der Waals surface area (Å²) in [4.78, 5) is 4.37. The van der Waals surface area contributed by atoms with Crippen molar-refractivity contribution < 1.29 is 8.42 Å². The summed E-state index contributed by atoms with van der Waals surface area (Å²) in [6, 6.07) is 10.4. The summed E-state index contributed by atoms with van der Waals surface area (Å²) in [6.45, 7) is 9.20. The van der Waals surface area contributed by atoms with E-state index in [2.05, 4.69) is 42.7 Å². The van der Waals surface area contributed by atoms with E-state index in [1.54, 1.807) is 24.4 Å². The van der Waals surface area contributed by atoms with Crippen LogP contribution < -0.4 is 10.0 Å². The summed E-state index contributed by atoms with van der Waals surface area (Å²) < 4.78 is 27.4. The molecule has 0 amide bonds. The molecule has 2 aromatic rings. The average Bonchev–Trinajstić information content (AvgIpc) is 2.53. The molecule has 1 aromatic carbocycles. The Labute approximate surface area is 144 Å². The van der Waals surface area contributed by atoms with Gasteiger partial charge in [-0.05, 0) is 41.7 Å². The number of sulfonamides is 1. The van der Waals surface area contributed by atoms with E-state index in [0.29, 0.717) is 5.82 Å². The number of hydrogen-bond acceptors (Lipinski definition) is 4. The molecular formula is C18H25N3O2S. The van der Waals surface area contributed by atoms with Crippen LogP contribution in [0.25, 0.3) is 0 Å². The lowest BCUT2D eigenvalue weighted by Gasteiger charge is -2.19. The van der Waals surface area contributed by atoms with E-state index in [0.717, 1.165) is 24.2 Å². The van der Waals surface area contributed by atoms with Crippen LogP contribution in [0, 0.1) is 0 Å². The Morgan fingerprint density at radius 2 is 1.71 bits per heavy atom. The zero-order valence-corrected chi connectivity index (χ0v) is 15.4. The first-order chi connectivity index (χ1) is 11.2. The second-order valence-electron chi connectivity index (χ2n) is 6.74. The third-order valence-electron chi connectivity index (χ3n) is 3.61. The molecule has 0 aliphatic heterocycles. The summed E-state index contributed by atoms with van der Waals surface area (Å²) in [5.41, 5.74) is 1.94. The topological polar surface area (TPSA) is 71.1 Å². The molecule has 0 aliphatic carbocycles. The lowest BCUT2D eigenvalue weighted by atomic mass is 9.87. The first-order valence-electron chi connectivity index (χ1n) is 8.05. The first kappa shape index (κ1) is 18.3. The van der Waals surface area contributed by atoms with Gasteiger partial charge >= 0.3 is 0 Å². The fourth-order valence-electron chi connectivity index (χ4n) is 2.16. The Morgan fingerprint density at radius 1 is 1.04 bits per heavy atom. The van der Waals surface area contributed by atoms with E-state index in [4.69, 9.17) is 0 Å². The molecule has 6 heteroatoms. The summed E-state index contributed by atoms with van der Waals surface area (Å²) in [5.74, 6) is 0.303. The molecule has 0 saturated carbocycles. The third-order valence-corrected chi connectivity index (χ3v) is 4.98. The van der Waals surface area contributed by atoms with Crippen molar-refractivity contribution in [1.29, 1.82) is 0 Å². The maximum Gasteiger partial charge on any atom is 0.263 e. The summed E-state index contributed by atoms with van der Waals surface area (Å²) in [6.07, 6.45) is 2.63.